The molecule has 0 saturated heterocycles. The van der Waals surface area contributed by atoms with E-state index in [1.807, 2.05) is 44.2 Å². The van der Waals surface area contributed by atoms with E-state index in [-0.39, 0.29) is 18.1 Å². The predicted molar refractivity (Wildman–Crippen MR) is 109 cm³/mol. The Balaban J connectivity index is 1.40. The zero-order valence-electron chi connectivity index (χ0n) is 17.3. The maximum atomic E-state index is 11.0. The monoisotopic (exact) mass is 399 g/mol. The molecule has 1 aliphatic rings. The van der Waals surface area contributed by atoms with E-state index < -0.39 is 0 Å². The lowest BCUT2D eigenvalue weighted by atomic mass is 9.83. The maximum absolute atomic E-state index is 11.0. The highest BCUT2D eigenvalue weighted by molar-refractivity contribution is 5.73. The number of nitrogens with one attached hydrogen (secondary N) is 1. The third-order valence-electron chi connectivity index (χ3n) is 4.89. The van der Waals surface area contributed by atoms with Crippen LogP contribution in [0, 0.1) is 12.8 Å². The van der Waals surface area contributed by atoms with E-state index in [1.54, 1.807) is 0 Å². The first-order chi connectivity index (χ1) is 14.0. The molecule has 1 aromatic carbocycles. The highest BCUT2D eigenvalue weighted by Crippen LogP contribution is 2.31. The van der Waals surface area contributed by atoms with Gasteiger partial charge in [-0.2, -0.15) is 0 Å². The Morgan fingerprint density at radius 2 is 1.86 bits per heavy atom. The van der Waals surface area contributed by atoms with Gasteiger partial charge in [-0.15, -0.1) is 0 Å². The third-order valence-corrected chi connectivity index (χ3v) is 4.89. The fraction of sp³-hybridized carbons (Fsp3) is 0.500. The van der Waals surface area contributed by atoms with Gasteiger partial charge in [-0.25, -0.2) is 9.97 Å². The molecule has 1 N–H and O–H groups in total. The molecule has 2 aromatic rings. The zero-order chi connectivity index (χ0) is 20.6. The second kappa shape index (κ2) is 10.2. The van der Waals surface area contributed by atoms with Crippen molar-refractivity contribution in [3.05, 3.63) is 47.8 Å². The number of benzene rings is 1. The van der Waals surface area contributed by atoms with Crippen LogP contribution in [0.25, 0.3) is 0 Å². The quantitative estimate of drug-likeness (QED) is 0.661. The summed E-state index contributed by atoms with van der Waals surface area (Å²) in [6.45, 7) is 6.95. The Bertz CT molecular complexity index is 794. The van der Waals surface area contributed by atoms with Gasteiger partial charge in [0, 0.05) is 13.0 Å². The van der Waals surface area contributed by atoms with Crippen molar-refractivity contribution in [2.75, 3.05) is 13.2 Å². The average Bonchev–Trinajstić information content (AvgIpc) is 2.66. The van der Waals surface area contributed by atoms with Crippen molar-refractivity contribution in [1.29, 1.82) is 0 Å². The second-order valence-electron chi connectivity index (χ2n) is 7.59. The van der Waals surface area contributed by atoms with Gasteiger partial charge in [-0.1, -0.05) is 30.3 Å². The van der Waals surface area contributed by atoms with Gasteiger partial charge in [0.1, 0.15) is 12.9 Å². The molecule has 1 aromatic heterocycles. The number of carbonyl (C=O) groups is 1. The summed E-state index contributed by atoms with van der Waals surface area (Å²) in [5, 5.41) is 2.82. The summed E-state index contributed by atoms with van der Waals surface area (Å²) >= 11 is 0. The third kappa shape index (κ3) is 6.42. The van der Waals surface area contributed by atoms with E-state index >= 15 is 0 Å². The standard InChI is InChI=1S/C22H29N3O4/c1-15(25-17(3)26)11-27-20-9-19(10-20)13-29-22-16(2)21(23-14-24-22)28-12-18-7-5-4-6-8-18/h4-8,14-15,19-20H,9-13H2,1-3H3,(H,25,26)/t15-,19?,20?/m0/s1. The molecule has 7 nitrogen and oxygen atoms in total. The maximum Gasteiger partial charge on any atom is 0.223 e. The van der Waals surface area contributed by atoms with Gasteiger partial charge in [0.2, 0.25) is 17.7 Å². The van der Waals surface area contributed by atoms with E-state index in [9.17, 15) is 4.79 Å². The fourth-order valence-electron chi connectivity index (χ4n) is 3.25. The van der Waals surface area contributed by atoms with E-state index in [1.165, 1.54) is 13.3 Å². The summed E-state index contributed by atoms with van der Waals surface area (Å²) in [6, 6.07) is 10.00. The molecule has 29 heavy (non-hydrogen) atoms. The lowest BCUT2D eigenvalue weighted by molar-refractivity contribution is -0.120. The molecule has 1 amide bonds. The summed E-state index contributed by atoms with van der Waals surface area (Å²) in [6.07, 6.45) is 3.61. The average molecular weight is 399 g/mol. The molecule has 0 radical (unpaired) electrons. The van der Waals surface area contributed by atoms with Gasteiger partial charge in [-0.05, 0) is 38.2 Å². The number of hydrogen-bond donors (Lipinski definition) is 1. The van der Waals surface area contributed by atoms with Gasteiger partial charge in [0.25, 0.3) is 0 Å². The SMILES string of the molecule is CC(=O)N[C@@H](C)COC1CC(COc2ncnc(OCc3ccccc3)c2C)C1. The van der Waals surface area contributed by atoms with Gasteiger partial charge in [-0.3, -0.25) is 4.79 Å². The van der Waals surface area contributed by atoms with E-state index in [4.69, 9.17) is 14.2 Å². The second-order valence-corrected chi connectivity index (χ2v) is 7.59. The van der Waals surface area contributed by atoms with Crippen LogP contribution in [0.2, 0.25) is 0 Å². The van der Waals surface area contributed by atoms with Crippen LogP contribution in [0.3, 0.4) is 0 Å². The van der Waals surface area contributed by atoms with Crippen LogP contribution in [0.4, 0.5) is 0 Å². The number of rotatable bonds is 10. The first kappa shape index (κ1) is 21.0. The van der Waals surface area contributed by atoms with Crippen molar-refractivity contribution in [2.24, 2.45) is 5.92 Å². The molecule has 0 spiro atoms. The molecule has 1 aliphatic carbocycles. The van der Waals surface area contributed by atoms with Crippen LogP contribution < -0.4 is 14.8 Å². The fourth-order valence-corrected chi connectivity index (χ4v) is 3.25. The van der Waals surface area contributed by atoms with Gasteiger partial charge >= 0.3 is 0 Å². The molecule has 1 atom stereocenters. The molecule has 7 heteroatoms. The Labute approximate surface area is 171 Å². The highest BCUT2D eigenvalue weighted by atomic mass is 16.5. The number of aromatic nitrogens is 2. The number of ether oxygens (including phenoxy) is 3. The summed E-state index contributed by atoms with van der Waals surface area (Å²) in [4.78, 5) is 19.5. The van der Waals surface area contributed by atoms with Crippen LogP contribution in [0.1, 0.15) is 37.8 Å². The van der Waals surface area contributed by atoms with E-state index in [0.717, 1.165) is 24.0 Å². The van der Waals surface area contributed by atoms with Crippen LogP contribution in [0.15, 0.2) is 36.7 Å². The first-order valence-electron chi connectivity index (χ1n) is 10.0. The van der Waals surface area contributed by atoms with E-state index in [0.29, 0.717) is 37.5 Å². The molecule has 0 aliphatic heterocycles. The Morgan fingerprint density at radius 3 is 2.55 bits per heavy atom. The first-order valence-corrected chi connectivity index (χ1v) is 10.0. The largest absolute Gasteiger partial charge is 0.477 e. The molecule has 1 saturated carbocycles. The van der Waals surface area contributed by atoms with E-state index in [2.05, 4.69) is 15.3 Å². The predicted octanol–water partition coefficient (Wildman–Crippen LogP) is 3.06. The van der Waals surface area contributed by atoms with Gasteiger partial charge in [0.05, 0.1) is 24.9 Å². The Hall–Kier alpha value is -2.67. The lowest BCUT2D eigenvalue weighted by Crippen LogP contribution is -2.40. The van der Waals surface area contributed by atoms with Crippen molar-refractivity contribution in [1.82, 2.24) is 15.3 Å². The van der Waals surface area contributed by atoms with Crippen molar-refractivity contribution < 1.29 is 19.0 Å². The lowest BCUT2D eigenvalue weighted by Gasteiger charge is -2.35. The molecule has 3 rings (SSSR count). The number of carbonyl (C=O) groups excluding carboxylic acids is 1. The van der Waals surface area contributed by atoms with Gasteiger partial charge in [0.15, 0.2) is 0 Å². The number of nitrogens with zero attached hydrogens (tertiary/aromatic N) is 2. The minimum absolute atomic E-state index is 0.0285. The minimum Gasteiger partial charge on any atom is -0.477 e. The molecule has 156 valence electrons. The molecular formula is C22H29N3O4. The summed E-state index contributed by atoms with van der Waals surface area (Å²) in [7, 11) is 0. The number of amides is 1. The van der Waals surface area contributed by atoms with Crippen LogP contribution in [-0.2, 0) is 16.1 Å². The topological polar surface area (TPSA) is 82.6 Å². The molecule has 1 heterocycles. The van der Waals surface area contributed by atoms with Crippen molar-refractivity contribution >= 4 is 5.91 Å². The smallest absolute Gasteiger partial charge is 0.223 e. The normalized spacial score (nSPS) is 19.1. The molecule has 0 bridgehead atoms. The Morgan fingerprint density at radius 1 is 1.17 bits per heavy atom. The summed E-state index contributed by atoms with van der Waals surface area (Å²) < 4.78 is 17.6. The molecular weight excluding hydrogens is 370 g/mol. The van der Waals surface area contributed by atoms with Gasteiger partial charge < -0.3 is 19.5 Å². The van der Waals surface area contributed by atoms with Crippen molar-refractivity contribution in [3.63, 3.8) is 0 Å². The highest BCUT2D eigenvalue weighted by Gasteiger charge is 2.31. The number of hydrogen-bond acceptors (Lipinski definition) is 6. The van der Waals surface area contributed by atoms with Crippen LogP contribution in [0.5, 0.6) is 11.8 Å². The Kier molecular flexibility index (Phi) is 7.41. The minimum atomic E-state index is -0.0340. The van der Waals surface area contributed by atoms with Crippen LogP contribution in [-0.4, -0.2) is 41.2 Å². The zero-order valence-corrected chi connectivity index (χ0v) is 17.3. The summed E-state index contributed by atoms with van der Waals surface area (Å²) in [5.74, 6) is 1.51. The van der Waals surface area contributed by atoms with Crippen molar-refractivity contribution in [3.8, 4) is 11.8 Å². The molecule has 0 unspecified atom stereocenters. The van der Waals surface area contributed by atoms with Crippen LogP contribution >= 0.6 is 0 Å². The van der Waals surface area contributed by atoms with Crippen molar-refractivity contribution in [2.45, 2.75) is 52.4 Å². The summed E-state index contributed by atoms with van der Waals surface area (Å²) in [5.41, 5.74) is 1.89. The molecule has 1 fully saturated rings.